The van der Waals surface area contributed by atoms with Gasteiger partial charge in [0.1, 0.15) is 5.75 Å². The molecule has 6 heteroatoms. The molecule has 0 aromatic heterocycles. The molecule has 126 valence electrons. The van der Waals surface area contributed by atoms with Crippen LogP contribution in [0.4, 0.5) is 5.69 Å². The monoisotopic (exact) mass is 390 g/mol. The Morgan fingerprint density at radius 2 is 1.71 bits per heavy atom. The third-order valence-corrected chi connectivity index (χ3v) is 3.94. The molecule has 0 bridgehead atoms. The summed E-state index contributed by atoms with van der Waals surface area (Å²) in [6.45, 7) is 1.43. The summed E-state index contributed by atoms with van der Waals surface area (Å²) in [7, 11) is 1.59. The molecule has 0 heterocycles. The molecule has 2 amide bonds. The maximum Gasteiger partial charge on any atom is 0.226 e. The lowest BCUT2D eigenvalue weighted by molar-refractivity contribution is -0.120. The molecule has 2 aromatic carbocycles. The van der Waals surface area contributed by atoms with Crippen LogP contribution < -0.4 is 15.4 Å². The maximum atomic E-state index is 12.3. The van der Waals surface area contributed by atoms with Crippen molar-refractivity contribution in [3.8, 4) is 5.75 Å². The fraction of sp³-hybridized carbons (Fsp3) is 0.222. The standard InChI is InChI=1S/C18H19BrN2O3/c1-12(22)20-17(13-3-9-16(24-2)10-4-13)11-18(23)21-15-7-5-14(19)6-8-15/h3-10,17H,11H2,1-2H3,(H,20,22)(H,21,23). The van der Waals surface area contributed by atoms with Crippen LogP contribution in [0.2, 0.25) is 0 Å². The normalized spacial score (nSPS) is 11.5. The second kappa shape index (κ2) is 8.49. The van der Waals surface area contributed by atoms with E-state index in [1.165, 1.54) is 6.92 Å². The molecule has 0 aliphatic carbocycles. The minimum Gasteiger partial charge on any atom is -0.497 e. The zero-order valence-corrected chi connectivity index (χ0v) is 15.1. The van der Waals surface area contributed by atoms with E-state index >= 15 is 0 Å². The average Bonchev–Trinajstić information content (AvgIpc) is 2.56. The van der Waals surface area contributed by atoms with Crippen molar-refractivity contribution in [2.24, 2.45) is 0 Å². The lowest BCUT2D eigenvalue weighted by Gasteiger charge is -2.18. The van der Waals surface area contributed by atoms with Crippen LogP contribution in [0, 0.1) is 0 Å². The van der Waals surface area contributed by atoms with Gasteiger partial charge in [-0.15, -0.1) is 0 Å². The molecular formula is C18H19BrN2O3. The average molecular weight is 391 g/mol. The molecule has 0 fully saturated rings. The van der Waals surface area contributed by atoms with E-state index in [0.29, 0.717) is 5.69 Å². The van der Waals surface area contributed by atoms with Crippen molar-refractivity contribution in [1.29, 1.82) is 0 Å². The van der Waals surface area contributed by atoms with Gasteiger partial charge in [-0.1, -0.05) is 28.1 Å². The zero-order valence-electron chi connectivity index (χ0n) is 13.5. The lowest BCUT2D eigenvalue weighted by atomic mass is 10.0. The van der Waals surface area contributed by atoms with Crippen molar-refractivity contribution in [1.82, 2.24) is 5.32 Å². The largest absolute Gasteiger partial charge is 0.497 e. The first-order valence-electron chi connectivity index (χ1n) is 7.44. The number of carbonyl (C=O) groups is 2. The number of nitrogens with one attached hydrogen (secondary N) is 2. The summed E-state index contributed by atoms with van der Waals surface area (Å²) < 4.78 is 6.07. The molecule has 0 saturated heterocycles. The Hall–Kier alpha value is -2.34. The van der Waals surface area contributed by atoms with Crippen molar-refractivity contribution in [3.05, 3.63) is 58.6 Å². The summed E-state index contributed by atoms with van der Waals surface area (Å²) in [5.41, 5.74) is 1.55. The minimum atomic E-state index is -0.399. The van der Waals surface area contributed by atoms with Crippen molar-refractivity contribution in [3.63, 3.8) is 0 Å². The van der Waals surface area contributed by atoms with Crippen LogP contribution in [-0.2, 0) is 9.59 Å². The van der Waals surface area contributed by atoms with Gasteiger partial charge in [-0.3, -0.25) is 9.59 Å². The van der Waals surface area contributed by atoms with Crippen molar-refractivity contribution in [2.45, 2.75) is 19.4 Å². The molecule has 0 aliphatic rings. The van der Waals surface area contributed by atoms with Gasteiger partial charge >= 0.3 is 0 Å². The Labute approximate surface area is 149 Å². The summed E-state index contributed by atoms with van der Waals surface area (Å²) in [4.78, 5) is 23.7. The van der Waals surface area contributed by atoms with E-state index < -0.39 is 6.04 Å². The highest BCUT2D eigenvalue weighted by molar-refractivity contribution is 9.10. The Morgan fingerprint density at radius 1 is 1.08 bits per heavy atom. The molecule has 2 N–H and O–H groups in total. The first kappa shape index (κ1) is 18.0. The van der Waals surface area contributed by atoms with Gasteiger partial charge in [0.15, 0.2) is 0 Å². The predicted molar refractivity (Wildman–Crippen MR) is 96.9 cm³/mol. The van der Waals surface area contributed by atoms with Gasteiger partial charge in [0, 0.05) is 17.1 Å². The molecule has 1 unspecified atom stereocenters. The second-order valence-corrected chi connectivity index (χ2v) is 6.20. The van der Waals surface area contributed by atoms with E-state index in [0.717, 1.165) is 15.8 Å². The molecule has 0 aliphatic heterocycles. The topological polar surface area (TPSA) is 67.4 Å². The maximum absolute atomic E-state index is 12.3. The van der Waals surface area contributed by atoms with Crippen LogP contribution in [0.3, 0.4) is 0 Å². The number of carbonyl (C=O) groups excluding carboxylic acids is 2. The lowest BCUT2D eigenvalue weighted by Crippen LogP contribution is -2.29. The second-order valence-electron chi connectivity index (χ2n) is 5.29. The van der Waals surface area contributed by atoms with Crippen LogP contribution in [-0.4, -0.2) is 18.9 Å². The quantitative estimate of drug-likeness (QED) is 0.790. The zero-order chi connectivity index (χ0) is 17.5. The summed E-state index contributed by atoms with van der Waals surface area (Å²) in [6.07, 6.45) is 0.141. The number of rotatable bonds is 6. The van der Waals surface area contributed by atoms with E-state index in [-0.39, 0.29) is 18.2 Å². The molecule has 2 rings (SSSR count). The van der Waals surface area contributed by atoms with Gasteiger partial charge in [0.2, 0.25) is 11.8 Å². The summed E-state index contributed by atoms with van der Waals surface area (Å²) >= 11 is 3.35. The fourth-order valence-electron chi connectivity index (χ4n) is 2.26. The highest BCUT2D eigenvalue weighted by atomic mass is 79.9. The van der Waals surface area contributed by atoms with E-state index in [2.05, 4.69) is 26.6 Å². The molecule has 2 aromatic rings. The third-order valence-electron chi connectivity index (χ3n) is 3.41. The smallest absolute Gasteiger partial charge is 0.226 e. The highest BCUT2D eigenvalue weighted by Gasteiger charge is 2.17. The van der Waals surface area contributed by atoms with Gasteiger partial charge in [0.25, 0.3) is 0 Å². The number of methoxy groups -OCH3 is 1. The van der Waals surface area contributed by atoms with Crippen molar-refractivity contribution >= 4 is 33.4 Å². The molecule has 1 atom stereocenters. The Kier molecular flexibility index (Phi) is 6.37. The number of halogens is 1. The Balaban J connectivity index is 2.08. The number of anilines is 1. The molecule has 0 saturated carbocycles. The van der Waals surface area contributed by atoms with Crippen LogP contribution in [0.25, 0.3) is 0 Å². The molecular weight excluding hydrogens is 372 g/mol. The van der Waals surface area contributed by atoms with E-state index in [1.807, 2.05) is 36.4 Å². The summed E-state index contributed by atoms with van der Waals surface area (Å²) in [5, 5.41) is 5.64. The van der Waals surface area contributed by atoms with Gasteiger partial charge in [0.05, 0.1) is 19.6 Å². The van der Waals surface area contributed by atoms with Gasteiger partial charge in [-0.25, -0.2) is 0 Å². The van der Waals surface area contributed by atoms with E-state index in [4.69, 9.17) is 4.74 Å². The summed E-state index contributed by atoms with van der Waals surface area (Å²) in [5.74, 6) is 0.360. The van der Waals surface area contributed by atoms with Gasteiger partial charge < -0.3 is 15.4 Å². The number of amides is 2. The van der Waals surface area contributed by atoms with Gasteiger partial charge in [-0.2, -0.15) is 0 Å². The molecule has 0 radical (unpaired) electrons. The number of hydrogen-bond donors (Lipinski definition) is 2. The number of hydrogen-bond acceptors (Lipinski definition) is 3. The van der Waals surface area contributed by atoms with E-state index in [1.54, 1.807) is 19.2 Å². The van der Waals surface area contributed by atoms with Gasteiger partial charge in [-0.05, 0) is 42.0 Å². The Morgan fingerprint density at radius 3 is 2.25 bits per heavy atom. The summed E-state index contributed by atoms with van der Waals surface area (Å²) in [6, 6.07) is 14.2. The molecule has 5 nitrogen and oxygen atoms in total. The first-order chi connectivity index (χ1) is 11.5. The highest BCUT2D eigenvalue weighted by Crippen LogP contribution is 2.21. The van der Waals surface area contributed by atoms with E-state index in [9.17, 15) is 9.59 Å². The third kappa shape index (κ3) is 5.38. The molecule has 0 spiro atoms. The van der Waals surface area contributed by atoms with Crippen LogP contribution in [0.1, 0.15) is 24.9 Å². The molecule has 24 heavy (non-hydrogen) atoms. The minimum absolute atomic E-state index is 0.141. The number of benzene rings is 2. The van der Waals surface area contributed by atoms with Crippen LogP contribution in [0.15, 0.2) is 53.0 Å². The van der Waals surface area contributed by atoms with Crippen molar-refractivity contribution < 1.29 is 14.3 Å². The SMILES string of the molecule is COc1ccc(C(CC(=O)Nc2ccc(Br)cc2)NC(C)=O)cc1. The first-order valence-corrected chi connectivity index (χ1v) is 8.23. The van der Waals surface area contributed by atoms with Crippen LogP contribution >= 0.6 is 15.9 Å². The van der Waals surface area contributed by atoms with Crippen molar-refractivity contribution in [2.75, 3.05) is 12.4 Å². The predicted octanol–water partition coefficient (Wildman–Crippen LogP) is 3.66. The fourth-order valence-corrected chi connectivity index (χ4v) is 2.53. The number of ether oxygens (including phenoxy) is 1. The van der Waals surface area contributed by atoms with Crippen LogP contribution in [0.5, 0.6) is 5.75 Å². The Bertz CT molecular complexity index is 699.